The van der Waals surface area contributed by atoms with E-state index in [0.717, 1.165) is 26.1 Å². The number of ether oxygens (including phenoxy) is 1. The SMILES string of the molecule is CC(C)CNCc1ccc(N(C)C2CCOC2C)cc1Br. The number of nitrogens with one attached hydrogen (secondary N) is 1. The van der Waals surface area contributed by atoms with E-state index in [-0.39, 0.29) is 0 Å². The Morgan fingerprint density at radius 3 is 2.76 bits per heavy atom. The lowest BCUT2D eigenvalue weighted by atomic mass is 10.1. The van der Waals surface area contributed by atoms with Crippen LogP contribution in [0.25, 0.3) is 0 Å². The first kappa shape index (κ1) is 16.8. The van der Waals surface area contributed by atoms with E-state index < -0.39 is 0 Å². The smallest absolute Gasteiger partial charge is 0.0750 e. The maximum Gasteiger partial charge on any atom is 0.0750 e. The number of hydrogen-bond acceptors (Lipinski definition) is 3. The zero-order chi connectivity index (χ0) is 15.4. The molecule has 0 saturated carbocycles. The predicted molar refractivity (Wildman–Crippen MR) is 92.9 cm³/mol. The molecular formula is C17H27BrN2O. The average Bonchev–Trinajstić information content (AvgIpc) is 2.85. The minimum atomic E-state index is 0.307. The molecule has 1 aliphatic heterocycles. The maximum atomic E-state index is 5.67. The second-order valence-corrected chi connectivity index (χ2v) is 7.20. The Hall–Kier alpha value is -0.580. The molecule has 1 heterocycles. The molecule has 1 aromatic rings. The first-order valence-corrected chi connectivity index (χ1v) is 8.62. The molecule has 4 heteroatoms. The van der Waals surface area contributed by atoms with Gasteiger partial charge in [0.05, 0.1) is 12.1 Å². The molecule has 1 aliphatic rings. The molecule has 2 rings (SSSR count). The lowest BCUT2D eigenvalue weighted by Gasteiger charge is -2.29. The van der Waals surface area contributed by atoms with Crippen molar-refractivity contribution < 1.29 is 4.74 Å². The monoisotopic (exact) mass is 354 g/mol. The largest absolute Gasteiger partial charge is 0.376 e. The molecule has 1 saturated heterocycles. The number of benzene rings is 1. The number of halogens is 1. The van der Waals surface area contributed by atoms with Crippen LogP contribution in [0.3, 0.4) is 0 Å². The Morgan fingerprint density at radius 1 is 1.43 bits per heavy atom. The maximum absolute atomic E-state index is 5.67. The van der Waals surface area contributed by atoms with Gasteiger partial charge in [-0.05, 0) is 43.5 Å². The van der Waals surface area contributed by atoms with Crippen LogP contribution in [0, 0.1) is 5.92 Å². The predicted octanol–water partition coefficient (Wildman–Crippen LogP) is 3.81. The first-order valence-electron chi connectivity index (χ1n) is 7.82. The summed E-state index contributed by atoms with van der Waals surface area (Å²) in [6.07, 6.45) is 1.41. The topological polar surface area (TPSA) is 24.5 Å². The molecule has 0 aromatic heterocycles. The summed E-state index contributed by atoms with van der Waals surface area (Å²) in [6, 6.07) is 7.12. The van der Waals surface area contributed by atoms with Crippen LogP contribution in [0.15, 0.2) is 22.7 Å². The fourth-order valence-corrected chi connectivity index (χ4v) is 3.32. The summed E-state index contributed by atoms with van der Waals surface area (Å²) in [4.78, 5) is 2.34. The summed E-state index contributed by atoms with van der Waals surface area (Å²) in [5.41, 5.74) is 2.56. The van der Waals surface area contributed by atoms with Crippen LogP contribution < -0.4 is 10.2 Å². The van der Waals surface area contributed by atoms with Crippen LogP contribution >= 0.6 is 15.9 Å². The molecule has 1 aromatic carbocycles. The summed E-state index contributed by atoms with van der Waals surface area (Å²) in [5.74, 6) is 0.679. The molecule has 0 bridgehead atoms. The van der Waals surface area contributed by atoms with Crippen molar-refractivity contribution in [1.82, 2.24) is 5.32 Å². The quantitative estimate of drug-likeness (QED) is 0.840. The van der Waals surface area contributed by atoms with Gasteiger partial charge in [0.15, 0.2) is 0 Å². The minimum Gasteiger partial charge on any atom is -0.376 e. The Balaban J connectivity index is 2.01. The molecule has 2 unspecified atom stereocenters. The van der Waals surface area contributed by atoms with Crippen molar-refractivity contribution in [2.24, 2.45) is 5.92 Å². The molecule has 21 heavy (non-hydrogen) atoms. The van der Waals surface area contributed by atoms with Crippen molar-refractivity contribution in [3.63, 3.8) is 0 Å². The first-order chi connectivity index (χ1) is 9.99. The molecule has 0 radical (unpaired) electrons. The van der Waals surface area contributed by atoms with Crippen LogP contribution in [-0.4, -0.2) is 32.3 Å². The highest BCUT2D eigenvalue weighted by atomic mass is 79.9. The van der Waals surface area contributed by atoms with Gasteiger partial charge < -0.3 is 15.0 Å². The number of hydrogen-bond donors (Lipinski definition) is 1. The van der Waals surface area contributed by atoms with Crippen molar-refractivity contribution in [2.45, 2.75) is 45.9 Å². The van der Waals surface area contributed by atoms with Gasteiger partial charge in [0.2, 0.25) is 0 Å². The van der Waals surface area contributed by atoms with Crippen LogP contribution in [0.5, 0.6) is 0 Å². The molecular weight excluding hydrogens is 328 g/mol. The molecule has 0 amide bonds. The van der Waals surface area contributed by atoms with E-state index in [0.29, 0.717) is 18.1 Å². The summed E-state index contributed by atoms with van der Waals surface area (Å²) in [6.45, 7) is 9.44. The van der Waals surface area contributed by atoms with Gasteiger partial charge in [0, 0.05) is 30.4 Å². The number of anilines is 1. The van der Waals surface area contributed by atoms with E-state index in [9.17, 15) is 0 Å². The Labute approximate surface area is 137 Å². The van der Waals surface area contributed by atoms with Gasteiger partial charge in [-0.15, -0.1) is 0 Å². The molecule has 1 fully saturated rings. The van der Waals surface area contributed by atoms with Gasteiger partial charge >= 0.3 is 0 Å². The summed E-state index contributed by atoms with van der Waals surface area (Å²) < 4.78 is 6.85. The minimum absolute atomic E-state index is 0.307. The third kappa shape index (κ3) is 4.44. The van der Waals surface area contributed by atoms with Gasteiger partial charge in [-0.25, -0.2) is 0 Å². The highest BCUT2D eigenvalue weighted by Gasteiger charge is 2.28. The van der Waals surface area contributed by atoms with Crippen molar-refractivity contribution in [3.8, 4) is 0 Å². The van der Waals surface area contributed by atoms with Crippen LogP contribution in [0.1, 0.15) is 32.8 Å². The van der Waals surface area contributed by atoms with Crippen molar-refractivity contribution in [2.75, 3.05) is 25.1 Å². The lowest BCUT2D eigenvalue weighted by Crippen LogP contribution is -2.36. The molecule has 118 valence electrons. The van der Waals surface area contributed by atoms with E-state index in [1.165, 1.54) is 15.7 Å². The van der Waals surface area contributed by atoms with Gasteiger partial charge in [-0.3, -0.25) is 0 Å². The fraction of sp³-hybridized carbons (Fsp3) is 0.647. The van der Waals surface area contributed by atoms with Crippen molar-refractivity contribution in [3.05, 3.63) is 28.2 Å². The van der Waals surface area contributed by atoms with Crippen molar-refractivity contribution in [1.29, 1.82) is 0 Å². The van der Waals surface area contributed by atoms with E-state index in [1.807, 2.05) is 0 Å². The second-order valence-electron chi connectivity index (χ2n) is 6.34. The van der Waals surface area contributed by atoms with Gasteiger partial charge in [-0.2, -0.15) is 0 Å². The lowest BCUT2D eigenvalue weighted by molar-refractivity contribution is 0.118. The number of rotatable bonds is 6. The normalized spacial score (nSPS) is 22.0. The summed E-state index contributed by atoms with van der Waals surface area (Å²) in [7, 11) is 2.16. The highest BCUT2D eigenvalue weighted by Crippen LogP contribution is 2.28. The van der Waals surface area contributed by atoms with Crippen LogP contribution in [0.2, 0.25) is 0 Å². The molecule has 0 spiro atoms. The van der Waals surface area contributed by atoms with E-state index >= 15 is 0 Å². The standard InChI is InChI=1S/C17H27BrN2O/c1-12(2)10-19-11-14-5-6-15(9-16(14)18)20(4)17-7-8-21-13(17)3/h5-6,9,12-13,17,19H,7-8,10-11H2,1-4H3. The molecule has 1 N–H and O–H groups in total. The molecule has 2 atom stereocenters. The zero-order valence-corrected chi connectivity index (χ0v) is 15.1. The van der Waals surface area contributed by atoms with Crippen LogP contribution in [0.4, 0.5) is 5.69 Å². The Bertz CT molecular complexity index is 464. The van der Waals surface area contributed by atoms with Crippen molar-refractivity contribution >= 4 is 21.6 Å². The fourth-order valence-electron chi connectivity index (χ4n) is 2.81. The van der Waals surface area contributed by atoms with Crippen LogP contribution in [-0.2, 0) is 11.3 Å². The zero-order valence-electron chi connectivity index (χ0n) is 13.5. The second kappa shape index (κ2) is 7.61. The van der Waals surface area contributed by atoms with E-state index in [1.54, 1.807) is 0 Å². The molecule has 0 aliphatic carbocycles. The van der Waals surface area contributed by atoms with Gasteiger partial charge in [-0.1, -0.05) is 35.8 Å². The Morgan fingerprint density at radius 2 is 2.19 bits per heavy atom. The van der Waals surface area contributed by atoms with E-state index in [2.05, 4.69) is 72.2 Å². The number of likely N-dealkylation sites (N-methyl/N-ethyl adjacent to an activating group) is 1. The third-order valence-corrected chi connectivity index (χ3v) is 4.88. The number of nitrogens with zero attached hydrogens (tertiary/aromatic N) is 1. The Kier molecular flexibility index (Phi) is 6.08. The summed E-state index contributed by atoms with van der Waals surface area (Å²) in [5, 5.41) is 3.49. The summed E-state index contributed by atoms with van der Waals surface area (Å²) >= 11 is 3.71. The van der Waals surface area contributed by atoms with Gasteiger partial charge in [0.25, 0.3) is 0 Å². The third-order valence-electron chi connectivity index (χ3n) is 4.15. The van der Waals surface area contributed by atoms with Gasteiger partial charge in [0.1, 0.15) is 0 Å². The van der Waals surface area contributed by atoms with E-state index in [4.69, 9.17) is 4.74 Å². The highest BCUT2D eigenvalue weighted by molar-refractivity contribution is 9.10. The molecule has 3 nitrogen and oxygen atoms in total. The average molecular weight is 355 g/mol.